The lowest BCUT2D eigenvalue weighted by molar-refractivity contribution is -0.379. The zero-order chi connectivity index (χ0) is 23.0. The molecule has 2 N–H and O–H groups in total. The van der Waals surface area contributed by atoms with Crippen LogP contribution in [0.3, 0.4) is 0 Å². The first kappa shape index (κ1) is 25.5. The molecule has 0 spiro atoms. The van der Waals surface area contributed by atoms with Crippen LogP contribution in [-0.2, 0) is 14.6 Å². The maximum atomic E-state index is 14.4. The van der Waals surface area contributed by atoms with E-state index in [4.69, 9.17) is 16.3 Å². The van der Waals surface area contributed by atoms with Gasteiger partial charge in [-0.3, -0.25) is 4.90 Å². The molecular formula is C19H21ClFN5O5S. The highest BCUT2D eigenvalue weighted by molar-refractivity contribution is 7.92. The third-order valence-corrected chi connectivity index (χ3v) is 6.89. The smallest absolute Gasteiger partial charge is 0.255 e. The Kier molecular flexibility index (Phi) is 7.51. The number of aromatic amines is 1. The van der Waals surface area contributed by atoms with Gasteiger partial charge in [0.1, 0.15) is 10.7 Å². The Hall–Kier alpha value is -2.72. The Balaban J connectivity index is 0.00000363. The zero-order valence-corrected chi connectivity index (χ0v) is 19.0. The molecule has 1 aromatic carbocycles. The maximum absolute atomic E-state index is 14.4. The lowest BCUT2D eigenvalue weighted by Gasteiger charge is -2.35. The van der Waals surface area contributed by atoms with Crippen LogP contribution in [0, 0.1) is 29.0 Å². The molecule has 0 saturated carbocycles. The van der Waals surface area contributed by atoms with Crippen LogP contribution in [-0.4, -0.2) is 44.2 Å². The van der Waals surface area contributed by atoms with Gasteiger partial charge in [-0.25, -0.2) is 17.8 Å². The van der Waals surface area contributed by atoms with Crippen LogP contribution in [0.4, 0.5) is 15.9 Å². The number of halogens is 2. The molecule has 10 nitrogen and oxygen atoms in total. The fourth-order valence-corrected chi connectivity index (χ4v) is 5.03. The van der Waals surface area contributed by atoms with Crippen LogP contribution >= 0.6 is 11.6 Å². The van der Waals surface area contributed by atoms with Crippen molar-refractivity contribution in [1.82, 2.24) is 4.98 Å². The summed E-state index contributed by atoms with van der Waals surface area (Å²) in [6.07, 6.45) is 0. The zero-order valence-electron chi connectivity index (χ0n) is 17.5. The average Bonchev–Trinajstić information content (AvgIpc) is 2.66. The normalized spacial score (nSPS) is 16.6. The fourth-order valence-electron chi connectivity index (χ4n) is 3.43. The van der Waals surface area contributed by atoms with E-state index < -0.39 is 31.4 Å². The summed E-state index contributed by atoms with van der Waals surface area (Å²) in [5.74, 6) is -0.627. The number of anilines is 1. The van der Waals surface area contributed by atoms with E-state index >= 15 is 0 Å². The van der Waals surface area contributed by atoms with Crippen molar-refractivity contribution in [3.8, 4) is 6.07 Å². The van der Waals surface area contributed by atoms with Gasteiger partial charge in [-0.1, -0.05) is 11.6 Å². The second-order valence-electron chi connectivity index (χ2n) is 7.65. The van der Waals surface area contributed by atoms with Crippen molar-refractivity contribution in [3.05, 3.63) is 45.5 Å². The van der Waals surface area contributed by atoms with Gasteiger partial charge in [-0.2, -0.15) is 5.26 Å². The number of sulfone groups is 1. The van der Waals surface area contributed by atoms with Crippen molar-refractivity contribution >= 4 is 32.9 Å². The van der Waals surface area contributed by atoms with Gasteiger partial charge in [0.25, 0.3) is 5.82 Å². The third-order valence-electron chi connectivity index (χ3n) is 4.76. The van der Waals surface area contributed by atoms with E-state index in [0.717, 1.165) is 12.1 Å². The Bertz CT molecular complexity index is 1190. The van der Waals surface area contributed by atoms with Crippen molar-refractivity contribution in [3.63, 3.8) is 0 Å². The van der Waals surface area contributed by atoms with Crippen LogP contribution in [0.2, 0.25) is 5.02 Å². The van der Waals surface area contributed by atoms with E-state index in [1.54, 1.807) is 17.9 Å². The summed E-state index contributed by atoms with van der Waals surface area (Å²) in [6, 6.07) is 4.64. The first-order valence-corrected chi connectivity index (χ1v) is 11.2. The highest BCUT2D eigenvalue weighted by Gasteiger charge is 2.41. The lowest BCUT2D eigenvalue weighted by atomic mass is 10.1. The number of nitriles is 1. The monoisotopic (exact) mass is 485 g/mol. The molecular weight excluding hydrogens is 465 g/mol. The summed E-state index contributed by atoms with van der Waals surface area (Å²) in [7, 11) is -4.58. The summed E-state index contributed by atoms with van der Waals surface area (Å²) in [5, 5.41) is 10.7. The number of morpholine rings is 1. The van der Waals surface area contributed by atoms with Crippen LogP contribution in [0.25, 0.3) is 0 Å². The Morgan fingerprint density at radius 2 is 2.12 bits per heavy atom. The molecule has 0 aliphatic carbocycles. The summed E-state index contributed by atoms with van der Waals surface area (Å²) >= 11 is 5.71. The number of aryl methyl sites for hydroxylation is 1. The van der Waals surface area contributed by atoms with Gasteiger partial charge in [0.2, 0.25) is 26.6 Å². The van der Waals surface area contributed by atoms with E-state index in [2.05, 4.69) is 15.1 Å². The highest BCUT2D eigenvalue weighted by atomic mass is 35.5. The lowest BCUT2D eigenvalue weighted by Crippen LogP contribution is -2.50. The minimum atomic E-state index is -4.58. The molecule has 13 heteroatoms. The molecule has 1 saturated heterocycles. The molecule has 2 heterocycles. The topological polar surface area (TPSA) is 157 Å². The van der Waals surface area contributed by atoms with Gasteiger partial charge >= 0.3 is 0 Å². The number of H-pyrrole nitrogens is 1. The molecule has 32 heavy (non-hydrogen) atoms. The highest BCUT2D eigenvalue weighted by Crippen LogP contribution is 2.38. The SMILES string of the molecule is Cc1nc(C(C#N)S(=O)(=O)c2ccc(Cl)cc2F)c(N=O)c(N2CCOC(C)(C)C2)[nH+]1.[OH-]. The molecule has 1 aliphatic heterocycles. The number of hydrogen-bond donors (Lipinski definition) is 0. The largest absolute Gasteiger partial charge is 0.870 e. The summed E-state index contributed by atoms with van der Waals surface area (Å²) < 4.78 is 46.3. The van der Waals surface area contributed by atoms with Crippen molar-refractivity contribution in [2.24, 2.45) is 5.18 Å². The molecule has 1 unspecified atom stereocenters. The number of nitroso groups, excluding NO2 is 1. The van der Waals surface area contributed by atoms with Crippen molar-refractivity contribution in [1.29, 1.82) is 5.26 Å². The Morgan fingerprint density at radius 3 is 2.69 bits per heavy atom. The number of hydrogen-bond acceptors (Lipinski definition) is 9. The van der Waals surface area contributed by atoms with Crippen LogP contribution in [0.1, 0.15) is 30.6 Å². The van der Waals surface area contributed by atoms with Crippen molar-refractivity contribution in [2.75, 3.05) is 24.6 Å². The number of rotatable bonds is 5. The van der Waals surface area contributed by atoms with E-state index in [9.17, 15) is 23.0 Å². The predicted octanol–water partition coefficient (Wildman–Crippen LogP) is 2.87. The van der Waals surface area contributed by atoms with Crippen molar-refractivity contribution in [2.45, 2.75) is 36.5 Å². The second-order valence-corrected chi connectivity index (χ2v) is 10.1. The molecule has 1 fully saturated rings. The number of ether oxygens (including phenoxy) is 1. The fraction of sp³-hybridized carbons (Fsp3) is 0.421. The van der Waals surface area contributed by atoms with E-state index in [1.165, 1.54) is 6.07 Å². The summed E-state index contributed by atoms with van der Waals surface area (Å²) in [6.45, 7) is 6.44. The number of aromatic nitrogens is 2. The molecule has 0 bridgehead atoms. The quantitative estimate of drug-likeness (QED) is 0.585. The van der Waals surface area contributed by atoms with Crippen LogP contribution in [0.15, 0.2) is 28.3 Å². The van der Waals surface area contributed by atoms with Gasteiger partial charge in [0.05, 0.1) is 31.4 Å². The third kappa shape index (κ3) is 4.86. The van der Waals surface area contributed by atoms with Gasteiger partial charge in [-0.15, -0.1) is 9.89 Å². The molecule has 1 atom stereocenters. The van der Waals surface area contributed by atoms with E-state index in [1.807, 2.05) is 13.8 Å². The Labute approximate surface area is 189 Å². The first-order chi connectivity index (χ1) is 14.5. The molecule has 1 aromatic heterocycles. The number of benzene rings is 1. The van der Waals surface area contributed by atoms with Gasteiger partial charge in [-0.05, 0) is 37.2 Å². The second kappa shape index (κ2) is 9.41. The number of nitrogens with one attached hydrogen (secondary N) is 1. The van der Waals surface area contributed by atoms with E-state index in [0.29, 0.717) is 19.7 Å². The maximum Gasteiger partial charge on any atom is 0.255 e. The van der Waals surface area contributed by atoms with Gasteiger partial charge in [0.15, 0.2) is 5.69 Å². The number of nitrogens with zero attached hydrogens (tertiary/aromatic N) is 4. The van der Waals surface area contributed by atoms with Gasteiger partial charge < -0.3 is 10.2 Å². The minimum Gasteiger partial charge on any atom is -0.870 e. The first-order valence-electron chi connectivity index (χ1n) is 9.25. The molecule has 0 radical (unpaired) electrons. The minimum absolute atomic E-state index is 0. The van der Waals surface area contributed by atoms with Gasteiger partial charge in [0, 0.05) is 11.9 Å². The molecule has 0 amide bonds. The Morgan fingerprint density at radius 1 is 1.44 bits per heavy atom. The standard InChI is InChI=1S/C19H19ClFN5O4S.H2O/c1-11-23-16(15(9-22)31(28,29)14-5-4-12(20)8-13(14)21)17(25-27)18(24-11)26-6-7-30-19(2,3)10-26;/h4-5,8,15H,6-7,10H2,1-3H3;1H2. The summed E-state index contributed by atoms with van der Waals surface area (Å²) in [5.41, 5.74) is -1.23. The molecule has 1 aliphatic rings. The van der Waals surface area contributed by atoms with Crippen LogP contribution < -0.4 is 9.88 Å². The molecule has 2 aromatic rings. The van der Waals surface area contributed by atoms with E-state index in [-0.39, 0.29) is 33.5 Å². The summed E-state index contributed by atoms with van der Waals surface area (Å²) in [4.78, 5) is 19.9. The predicted molar refractivity (Wildman–Crippen MR) is 112 cm³/mol. The van der Waals surface area contributed by atoms with Crippen molar-refractivity contribution < 1.29 is 28.0 Å². The average molecular weight is 486 g/mol. The molecule has 3 rings (SSSR count). The molecule has 172 valence electrons. The van der Waals surface area contributed by atoms with Crippen LogP contribution in [0.5, 0.6) is 0 Å².